The van der Waals surface area contributed by atoms with Crippen molar-refractivity contribution in [2.75, 3.05) is 26.0 Å². The van der Waals surface area contributed by atoms with Crippen molar-refractivity contribution in [3.63, 3.8) is 0 Å². The summed E-state index contributed by atoms with van der Waals surface area (Å²) in [7, 11) is -1.89. The van der Waals surface area contributed by atoms with Gasteiger partial charge in [-0.3, -0.25) is 0 Å². The maximum absolute atomic E-state index is 11.1. The van der Waals surface area contributed by atoms with Gasteiger partial charge in [0.15, 0.2) is 17.5 Å². The van der Waals surface area contributed by atoms with Gasteiger partial charge in [-0.25, -0.2) is 18.5 Å². The minimum absolute atomic E-state index is 0. The second-order valence-electron chi connectivity index (χ2n) is 6.46. The summed E-state index contributed by atoms with van der Waals surface area (Å²) in [4.78, 5) is 4.54. The molecular weight excluding hydrogens is 495 g/mol. The van der Waals surface area contributed by atoms with Crippen molar-refractivity contribution in [3.05, 3.63) is 23.8 Å². The zero-order valence-corrected chi connectivity index (χ0v) is 19.6. The third-order valence-corrected chi connectivity index (χ3v) is 5.07. The molecular formula is C18H31IN4O4S. The Morgan fingerprint density at radius 1 is 1.29 bits per heavy atom. The van der Waals surface area contributed by atoms with Crippen molar-refractivity contribution < 1.29 is 17.9 Å². The fourth-order valence-corrected chi connectivity index (χ4v) is 3.36. The lowest BCUT2D eigenvalue weighted by molar-refractivity contribution is 0.198. The third-order valence-electron chi connectivity index (χ3n) is 4.30. The first-order valence-electron chi connectivity index (χ1n) is 9.28. The Morgan fingerprint density at radius 3 is 2.61 bits per heavy atom. The monoisotopic (exact) mass is 526 g/mol. The number of halogens is 1. The molecule has 10 heteroatoms. The molecule has 8 nitrogen and oxygen atoms in total. The van der Waals surface area contributed by atoms with Crippen molar-refractivity contribution in [2.24, 2.45) is 10.1 Å². The van der Waals surface area contributed by atoms with E-state index in [1.165, 1.54) is 12.8 Å². The van der Waals surface area contributed by atoms with Gasteiger partial charge in [-0.2, -0.15) is 0 Å². The highest BCUT2D eigenvalue weighted by Gasteiger charge is 2.20. The molecule has 1 aliphatic rings. The first kappa shape index (κ1) is 24.8. The lowest BCUT2D eigenvalue weighted by Gasteiger charge is -2.19. The molecule has 2 rings (SSSR count). The number of nitrogens with one attached hydrogen (secondary N) is 2. The second kappa shape index (κ2) is 12.3. The number of guanidine groups is 1. The van der Waals surface area contributed by atoms with Crippen molar-refractivity contribution in [1.82, 2.24) is 10.6 Å². The van der Waals surface area contributed by atoms with E-state index in [1.807, 2.05) is 25.1 Å². The van der Waals surface area contributed by atoms with Crippen molar-refractivity contribution in [3.8, 4) is 11.5 Å². The number of primary sulfonamides is 1. The molecule has 28 heavy (non-hydrogen) atoms. The van der Waals surface area contributed by atoms with Crippen LogP contribution in [0.1, 0.15) is 38.2 Å². The number of aliphatic imine (C=N–C) groups is 1. The quantitative estimate of drug-likeness (QED) is 0.258. The predicted octanol–water partition coefficient (Wildman–Crippen LogP) is 1.98. The van der Waals surface area contributed by atoms with Crippen LogP contribution in [0.15, 0.2) is 23.2 Å². The number of hydrogen-bond donors (Lipinski definition) is 3. The van der Waals surface area contributed by atoms with Crippen LogP contribution in [0.3, 0.4) is 0 Å². The molecule has 0 aromatic heterocycles. The highest BCUT2D eigenvalue weighted by molar-refractivity contribution is 14.0. The fourth-order valence-electron chi connectivity index (χ4n) is 2.97. The molecule has 0 saturated heterocycles. The Labute approximate surface area is 184 Å². The largest absolute Gasteiger partial charge is 0.493 e. The summed E-state index contributed by atoms with van der Waals surface area (Å²) < 4.78 is 33.8. The van der Waals surface area contributed by atoms with Crippen LogP contribution in [0, 0.1) is 0 Å². The number of para-hydroxylation sites is 1. The van der Waals surface area contributed by atoms with E-state index in [0.717, 1.165) is 24.2 Å². The van der Waals surface area contributed by atoms with Crippen LogP contribution >= 0.6 is 24.0 Å². The van der Waals surface area contributed by atoms with Gasteiger partial charge in [-0.05, 0) is 38.7 Å². The Kier molecular flexibility index (Phi) is 10.9. The lowest BCUT2D eigenvalue weighted by Crippen LogP contribution is -2.40. The van der Waals surface area contributed by atoms with Crippen LogP contribution in [0.5, 0.6) is 11.5 Å². The maximum atomic E-state index is 11.1. The number of benzene rings is 1. The topological polar surface area (TPSA) is 115 Å². The average Bonchev–Trinajstić information content (AvgIpc) is 3.12. The van der Waals surface area contributed by atoms with E-state index >= 15 is 0 Å². The maximum Gasteiger partial charge on any atom is 0.210 e. The molecule has 0 bridgehead atoms. The minimum atomic E-state index is -3.51. The molecule has 160 valence electrons. The normalized spacial score (nSPS) is 15.0. The minimum Gasteiger partial charge on any atom is -0.493 e. The summed E-state index contributed by atoms with van der Waals surface area (Å²) in [6.07, 6.45) is 4.69. The number of sulfonamides is 1. The molecule has 1 aromatic rings. The summed E-state index contributed by atoms with van der Waals surface area (Å²) >= 11 is 0. The number of rotatable bonds is 9. The van der Waals surface area contributed by atoms with Gasteiger partial charge in [0, 0.05) is 18.7 Å². The van der Waals surface area contributed by atoms with Gasteiger partial charge in [0.05, 0.1) is 25.5 Å². The molecule has 1 saturated carbocycles. The summed E-state index contributed by atoms with van der Waals surface area (Å²) in [5, 5.41) is 11.1. The molecule has 1 aliphatic carbocycles. The molecule has 0 aliphatic heterocycles. The molecule has 0 atom stereocenters. The SMILES string of the molecule is CCNC(=NCc1cccc(OC)c1OC1CCCC1)NCCS(N)(=O)=O.I. The van der Waals surface area contributed by atoms with Gasteiger partial charge in [0.1, 0.15) is 0 Å². The van der Waals surface area contributed by atoms with Crippen LogP contribution in [-0.4, -0.2) is 46.4 Å². The van der Waals surface area contributed by atoms with Crippen LogP contribution in [0.4, 0.5) is 0 Å². The highest BCUT2D eigenvalue weighted by Crippen LogP contribution is 2.35. The van der Waals surface area contributed by atoms with E-state index < -0.39 is 10.0 Å². The van der Waals surface area contributed by atoms with E-state index in [2.05, 4.69) is 15.6 Å². The zero-order valence-electron chi connectivity index (χ0n) is 16.4. The summed E-state index contributed by atoms with van der Waals surface area (Å²) in [5.74, 6) is 1.79. The Balaban J connectivity index is 0.00000392. The van der Waals surface area contributed by atoms with E-state index in [4.69, 9.17) is 14.6 Å². The van der Waals surface area contributed by atoms with Crippen molar-refractivity contribution >= 4 is 40.0 Å². The van der Waals surface area contributed by atoms with Crippen LogP contribution in [0.25, 0.3) is 0 Å². The number of methoxy groups -OCH3 is 1. The van der Waals surface area contributed by atoms with Crippen molar-refractivity contribution in [1.29, 1.82) is 0 Å². The average molecular weight is 526 g/mol. The molecule has 0 spiro atoms. The van der Waals surface area contributed by atoms with E-state index in [9.17, 15) is 8.42 Å². The van der Waals surface area contributed by atoms with Gasteiger partial charge in [0.25, 0.3) is 0 Å². The fraction of sp³-hybridized carbons (Fsp3) is 0.611. The van der Waals surface area contributed by atoms with E-state index in [1.54, 1.807) is 7.11 Å². The second-order valence-corrected chi connectivity index (χ2v) is 8.20. The third kappa shape index (κ3) is 8.39. The van der Waals surface area contributed by atoms with Gasteiger partial charge in [-0.1, -0.05) is 12.1 Å². The molecule has 0 radical (unpaired) electrons. The summed E-state index contributed by atoms with van der Waals surface area (Å²) in [5.41, 5.74) is 0.921. The Bertz CT molecular complexity index is 737. The first-order valence-corrected chi connectivity index (χ1v) is 11.0. The summed E-state index contributed by atoms with van der Waals surface area (Å²) in [6.45, 7) is 3.17. The highest BCUT2D eigenvalue weighted by atomic mass is 127. The Morgan fingerprint density at radius 2 is 2.00 bits per heavy atom. The molecule has 1 fully saturated rings. The molecule has 1 aromatic carbocycles. The van der Waals surface area contributed by atoms with Gasteiger partial charge < -0.3 is 20.1 Å². The Hall–Kier alpha value is -1.27. The number of hydrogen-bond acceptors (Lipinski definition) is 5. The number of nitrogens with two attached hydrogens (primary N) is 1. The van der Waals surface area contributed by atoms with Gasteiger partial charge in [-0.15, -0.1) is 24.0 Å². The summed E-state index contributed by atoms with van der Waals surface area (Å²) in [6, 6.07) is 5.75. The zero-order chi connectivity index (χ0) is 19.7. The van der Waals surface area contributed by atoms with E-state index in [-0.39, 0.29) is 42.4 Å². The first-order chi connectivity index (χ1) is 12.9. The van der Waals surface area contributed by atoms with Crippen LogP contribution in [0.2, 0.25) is 0 Å². The van der Waals surface area contributed by atoms with Gasteiger partial charge in [0.2, 0.25) is 10.0 Å². The molecule has 0 heterocycles. The number of ether oxygens (including phenoxy) is 2. The standard InChI is InChI=1S/C18H30N4O4S.HI/c1-3-20-18(21-11-12-27(19,23)24)22-13-14-7-6-10-16(25-2)17(14)26-15-8-4-5-9-15;/h6-7,10,15H,3-5,8-9,11-13H2,1-2H3,(H2,19,23,24)(H2,20,21,22);1H. The lowest BCUT2D eigenvalue weighted by atomic mass is 10.1. The van der Waals surface area contributed by atoms with Crippen molar-refractivity contribution in [2.45, 2.75) is 45.3 Å². The van der Waals surface area contributed by atoms with E-state index in [0.29, 0.717) is 24.8 Å². The van der Waals surface area contributed by atoms with Crippen LogP contribution < -0.4 is 25.2 Å². The molecule has 0 unspecified atom stereocenters. The predicted molar refractivity (Wildman–Crippen MR) is 122 cm³/mol. The molecule has 4 N–H and O–H groups in total. The molecule has 0 amide bonds. The van der Waals surface area contributed by atoms with Gasteiger partial charge >= 0.3 is 0 Å². The number of nitrogens with zero attached hydrogens (tertiary/aromatic N) is 1. The van der Waals surface area contributed by atoms with Crippen LogP contribution in [-0.2, 0) is 16.6 Å². The smallest absolute Gasteiger partial charge is 0.210 e.